The van der Waals surface area contributed by atoms with Crippen LogP contribution in [0.3, 0.4) is 0 Å². The first-order valence-electron chi connectivity index (χ1n) is 6.05. The molecule has 1 aliphatic rings. The number of nitrogens with zero attached hydrogens (tertiary/aromatic N) is 2. The van der Waals surface area contributed by atoms with Crippen LogP contribution in [0.5, 0.6) is 11.5 Å². The molecule has 0 amide bonds. The van der Waals surface area contributed by atoms with Gasteiger partial charge in [0.2, 0.25) is 12.7 Å². The van der Waals surface area contributed by atoms with Gasteiger partial charge in [0.1, 0.15) is 4.91 Å². The van der Waals surface area contributed by atoms with Crippen molar-refractivity contribution in [3.63, 3.8) is 0 Å². The van der Waals surface area contributed by atoms with Crippen LogP contribution in [-0.2, 0) is 4.79 Å². The maximum absolute atomic E-state index is 11.4. The molecule has 2 aromatic rings. The molecule has 1 aliphatic heterocycles. The smallest absolute Gasteiger partial charge is 0.342 e. The van der Waals surface area contributed by atoms with Crippen LogP contribution in [0.2, 0.25) is 0 Å². The number of hydrogen-bond acceptors (Lipinski definition) is 7. The maximum Gasteiger partial charge on any atom is 0.342 e. The van der Waals surface area contributed by atoms with E-state index in [9.17, 15) is 9.90 Å². The molecule has 0 fully saturated rings. The van der Waals surface area contributed by atoms with E-state index in [1.165, 1.54) is 6.08 Å². The van der Waals surface area contributed by atoms with Crippen molar-refractivity contribution in [3.05, 3.63) is 33.0 Å². The van der Waals surface area contributed by atoms with Crippen LogP contribution in [0.25, 0.3) is 6.08 Å². The zero-order valence-corrected chi connectivity index (χ0v) is 13.6. The van der Waals surface area contributed by atoms with Gasteiger partial charge < -0.3 is 19.0 Å². The van der Waals surface area contributed by atoms with Crippen LogP contribution >= 0.6 is 27.7 Å². The van der Waals surface area contributed by atoms with Gasteiger partial charge in [-0.25, -0.2) is 4.79 Å². The Kier molecular flexibility index (Phi) is 4.08. The van der Waals surface area contributed by atoms with Gasteiger partial charge in [-0.15, -0.1) is 10.2 Å². The number of carboxylic acids is 1. The molecule has 0 atom stereocenters. The molecule has 22 heavy (non-hydrogen) atoms. The predicted molar refractivity (Wildman–Crippen MR) is 80.8 cm³/mol. The molecular formula is C13H9BrN2O5S. The molecule has 0 spiro atoms. The fourth-order valence-electron chi connectivity index (χ4n) is 1.73. The third kappa shape index (κ3) is 3.09. The second-order valence-corrected chi connectivity index (χ2v) is 6.08. The van der Waals surface area contributed by atoms with E-state index < -0.39 is 5.97 Å². The van der Waals surface area contributed by atoms with Gasteiger partial charge in [0, 0.05) is 11.4 Å². The number of halogens is 1. The normalized spacial score (nSPS) is 13.5. The van der Waals surface area contributed by atoms with E-state index in [-0.39, 0.29) is 16.9 Å². The monoisotopic (exact) mass is 384 g/mol. The van der Waals surface area contributed by atoms with E-state index in [1.54, 1.807) is 19.1 Å². The lowest BCUT2D eigenvalue weighted by Gasteiger charge is -2.04. The molecule has 9 heteroatoms. The molecule has 1 aromatic heterocycles. The zero-order valence-electron chi connectivity index (χ0n) is 11.2. The quantitative estimate of drug-likeness (QED) is 0.634. The zero-order chi connectivity index (χ0) is 15.7. The number of thioether (sulfide) groups is 1. The lowest BCUT2D eigenvalue weighted by molar-refractivity contribution is -0.131. The molecule has 2 heterocycles. The third-order valence-corrected chi connectivity index (χ3v) is 4.23. The first kappa shape index (κ1) is 14.9. The molecule has 0 saturated carbocycles. The fraction of sp³-hybridized carbons (Fsp3) is 0.154. The summed E-state index contributed by atoms with van der Waals surface area (Å²) >= 11 is 4.27. The highest BCUT2D eigenvalue weighted by atomic mass is 79.9. The van der Waals surface area contributed by atoms with Crippen molar-refractivity contribution < 1.29 is 23.8 Å². The molecule has 1 N–H and O–H groups in total. The summed E-state index contributed by atoms with van der Waals surface area (Å²) in [7, 11) is 0. The summed E-state index contributed by atoms with van der Waals surface area (Å²) < 4.78 is 16.4. The van der Waals surface area contributed by atoms with Gasteiger partial charge in [-0.1, -0.05) is 15.9 Å². The minimum Gasteiger partial charge on any atom is -0.477 e. The van der Waals surface area contributed by atoms with Crippen LogP contribution in [0.1, 0.15) is 11.5 Å². The number of aliphatic carboxylic acids is 1. The summed E-state index contributed by atoms with van der Waals surface area (Å²) in [4.78, 5) is 11.5. The fourth-order valence-corrected chi connectivity index (χ4v) is 2.88. The predicted octanol–water partition coefficient (Wildman–Crippen LogP) is 3.09. The van der Waals surface area contributed by atoms with Crippen LogP contribution in [0, 0.1) is 6.92 Å². The Morgan fingerprint density at radius 1 is 1.36 bits per heavy atom. The Balaban J connectivity index is 1.94. The molecule has 0 aliphatic carbocycles. The van der Waals surface area contributed by atoms with Crippen molar-refractivity contribution in [3.8, 4) is 11.5 Å². The van der Waals surface area contributed by atoms with Crippen molar-refractivity contribution in [1.29, 1.82) is 0 Å². The second kappa shape index (κ2) is 6.01. The van der Waals surface area contributed by atoms with E-state index in [4.69, 9.17) is 13.9 Å². The highest BCUT2D eigenvalue weighted by Gasteiger charge is 2.18. The van der Waals surface area contributed by atoms with E-state index in [1.807, 2.05) is 0 Å². The topological polar surface area (TPSA) is 94.7 Å². The van der Waals surface area contributed by atoms with Gasteiger partial charge in [0.05, 0.1) is 0 Å². The minimum atomic E-state index is -1.09. The number of benzene rings is 1. The van der Waals surface area contributed by atoms with Gasteiger partial charge in [-0.3, -0.25) is 0 Å². The van der Waals surface area contributed by atoms with Crippen LogP contribution in [-0.4, -0.2) is 28.1 Å². The van der Waals surface area contributed by atoms with Gasteiger partial charge in [-0.05, 0) is 35.5 Å². The van der Waals surface area contributed by atoms with Crippen LogP contribution < -0.4 is 9.47 Å². The Bertz CT molecular complexity index is 774. The Labute approximate surface area is 137 Å². The lowest BCUT2D eigenvalue weighted by Crippen LogP contribution is -1.97. The minimum absolute atomic E-state index is 0.0446. The summed E-state index contributed by atoms with van der Waals surface area (Å²) in [5.74, 6) is 0.459. The molecule has 0 unspecified atom stereocenters. The summed E-state index contributed by atoms with van der Waals surface area (Å²) in [6, 6.07) is 3.43. The molecule has 114 valence electrons. The highest BCUT2D eigenvalue weighted by molar-refractivity contribution is 9.10. The average Bonchev–Trinajstić information content (AvgIpc) is 3.06. The van der Waals surface area contributed by atoms with Gasteiger partial charge in [0.15, 0.2) is 11.5 Å². The Morgan fingerprint density at radius 2 is 2.09 bits per heavy atom. The van der Waals surface area contributed by atoms with Gasteiger partial charge in [0.25, 0.3) is 5.22 Å². The second-order valence-electron chi connectivity index (χ2n) is 4.23. The number of fused-ring (bicyclic) bond motifs is 1. The average molecular weight is 385 g/mol. The van der Waals surface area contributed by atoms with Crippen LogP contribution in [0.4, 0.5) is 0 Å². The molecule has 1 aromatic carbocycles. The first-order chi connectivity index (χ1) is 10.5. The van der Waals surface area contributed by atoms with Crippen molar-refractivity contribution in [2.75, 3.05) is 6.79 Å². The summed E-state index contributed by atoms with van der Waals surface area (Å²) in [5.41, 5.74) is 0.644. The van der Waals surface area contributed by atoms with Crippen molar-refractivity contribution in [2.45, 2.75) is 12.1 Å². The van der Waals surface area contributed by atoms with Gasteiger partial charge >= 0.3 is 5.97 Å². The SMILES string of the molecule is Cc1nnc(S/C(=C\c2cc3c(cc2Br)OCO3)C(=O)O)o1. The molecule has 7 nitrogen and oxygen atoms in total. The van der Waals surface area contributed by atoms with E-state index in [2.05, 4.69) is 26.1 Å². The maximum atomic E-state index is 11.4. The number of aromatic nitrogens is 2. The Morgan fingerprint density at radius 3 is 2.73 bits per heavy atom. The standard InChI is InChI=1S/C13H9BrN2O5S/c1-6-15-16-13(21-6)22-11(12(17)18)3-7-2-9-10(4-8(7)14)20-5-19-9/h2-4H,5H2,1H3,(H,17,18)/b11-3-. The number of rotatable bonds is 4. The number of carboxylic acid groups (broad SMARTS) is 1. The van der Waals surface area contributed by atoms with E-state index >= 15 is 0 Å². The van der Waals surface area contributed by atoms with E-state index in [0.29, 0.717) is 27.4 Å². The molecular weight excluding hydrogens is 376 g/mol. The highest BCUT2D eigenvalue weighted by Crippen LogP contribution is 2.38. The first-order valence-corrected chi connectivity index (χ1v) is 7.66. The van der Waals surface area contributed by atoms with Gasteiger partial charge in [-0.2, -0.15) is 0 Å². The molecule has 3 rings (SSSR count). The molecule has 0 bridgehead atoms. The summed E-state index contributed by atoms with van der Waals surface area (Å²) in [6.45, 7) is 1.78. The van der Waals surface area contributed by atoms with Crippen molar-refractivity contribution >= 4 is 39.7 Å². The van der Waals surface area contributed by atoms with E-state index in [0.717, 1.165) is 11.8 Å². The summed E-state index contributed by atoms with van der Waals surface area (Å²) in [5, 5.41) is 16.9. The third-order valence-electron chi connectivity index (χ3n) is 2.69. The Hall–Kier alpha value is -2.00. The summed E-state index contributed by atoms with van der Waals surface area (Å²) in [6.07, 6.45) is 1.50. The number of hydrogen-bond donors (Lipinski definition) is 1. The van der Waals surface area contributed by atoms with Crippen molar-refractivity contribution in [2.24, 2.45) is 0 Å². The number of ether oxygens (including phenoxy) is 2. The lowest BCUT2D eigenvalue weighted by atomic mass is 10.2. The van der Waals surface area contributed by atoms with Crippen molar-refractivity contribution in [1.82, 2.24) is 10.2 Å². The largest absolute Gasteiger partial charge is 0.477 e. The number of carbonyl (C=O) groups is 1. The molecule has 0 radical (unpaired) electrons. The number of aryl methyl sites for hydroxylation is 1. The molecule has 0 saturated heterocycles. The van der Waals surface area contributed by atoms with Crippen LogP contribution in [0.15, 0.2) is 31.2 Å².